The lowest BCUT2D eigenvalue weighted by molar-refractivity contribution is 0.595. The normalized spacial score (nSPS) is 11.9. The minimum Gasteiger partial charge on any atom is -0.236 e. The zero-order chi connectivity index (χ0) is 15.8. The molecule has 0 aliphatic rings. The Labute approximate surface area is 127 Å². The third-order valence-electron chi connectivity index (χ3n) is 3.10. The molecular formula is C13H15ClFN3O2S. The number of hydrogen-bond donors (Lipinski definition) is 1. The van der Waals surface area contributed by atoms with Gasteiger partial charge >= 0.3 is 0 Å². The molecule has 0 radical (unpaired) electrons. The molecule has 2 aromatic rings. The van der Waals surface area contributed by atoms with Crippen LogP contribution in [-0.4, -0.2) is 18.2 Å². The summed E-state index contributed by atoms with van der Waals surface area (Å²) in [6.45, 7) is 3.57. The third-order valence-corrected chi connectivity index (χ3v) is 4.45. The van der Waals surface area contributed by atoms with Gasteiger partial charge in [0.05, 0.1) is 22.1 Å². The summed E-state index contributed by atoms with van der Waals surface area (Å²) in [6.07, 6.45) is 0.796. The summed E-state index contributed by atoms with van der Waals surface area (Å²) < 4.78 is 38.6. The summed E-state index contributed by atoms with van der Waals surface area (Å²) in [5.41, 5.74) is 1.19. The molecule has 0 saturated carbocycles. The van der Waals surface area contributed by atoms with E-state index in [1.165, 1.54) is 16.8 Å². The van der Waals surface area contributed by atoms with Gasteiger partial charge in [-0.05, 0) is 25.0 Å². The first-order valence-corrected chi connectivity index (χ1v) is 8.31. The van der Waals surface area contributed by atoms with Crippen molar-refractivity contribution in [2.75, 3.05) is 0 Å². The highest BCUT2D eigenvalue weighted by atomic mass is 35.5. The Morgan fingerprint density at radius 2 is 2.00 bits per heavy atom. The molecule has 2 rings (SSSR count). The van der Waals surface area contributed by atoms with Crippen LogP contribution in [0.15, 0.2) is 23.1 Å². The fourth-order valence-corrected chi connectivity index (χ4v) is 3.38. The molecule has 0 amide bonds. The summed E-state index contributed by atoms with van der Waals surface area (Å²) in [5, 5.41) is 9.53. The van der Waals surface area contributed by atoms with Gasteiger partial charge in [-0.3, -0.25) is 0 Å². The molecule has 114 valence electrons. The van der Waals surface area contributed by atoms with Crippen molar-refractivity contribution < 1.29 is 12.8 Å². The second-order valence-corrected chi connectivity index (χ2v) is 6.39. The quantitative estimate of drug-likeness (QED) is 0.934. The summed E-state index contributed by atoms with van der Waals surface area (Å²) in [4.78, 5) is 0.0165. The van der Waals surface area contributed by atoms with E-state index in [2.05, 4.69) is 5.10 Å². The van der Waals surface area contributed by atoms with Gasteiger partial charge in [0.2, 0.25) is 10.0 Å². The topological polar surface area (TPSA) is 78.0 Å². The summed E-state index contributed by atoms with van der Waals surface area (Å²) in [6, 6.07) is 4.18. The fourth-order valence-electron chi connectivity index (χ4n) is 2.19. The fraction of sp³-hybridized carbons (Fsp3) is 0.308. The first-order valence-electron chi connectivity index (χ1n) is 6.38. The average molecular weight is 332 g/mol. The van der Waals surface area contributed by atoms with Gasteiger partial charge in [-0.1, -0.05) is 25.4 Å². The van der Waals surface area contributed by atoms with E-state index in [0.29, 0.717) is 29.9 Å². The van der Waals surface area contributed by atoms with Crippen LogP contribution in [0.2, 0.25) is 5.02 Å². The molecule has 0 spiro atoms. The molecule has 0 aliphatic heterocycles. The molecule has 0 aliphatic carbocycles. The molecule has 1 heterocycles. The maximum absolute atomic E-state index is 13.6. The van der Waals surface area contributed by atoms with Crippen LogP contribution in [0.25, 0.3) is 5.69 Å². The van der Waals surface area contributed by atoms with Crippen molar-refractivity contribution in [3.05, 3.63) is 40.4 Å². The first-order chi connectivity index (χ1) is 9.79. The Balaban J connectivity index is 2.75. The summed E-state index contributed by atoms with van der Waals surface area (Å²) in [7, 11) is -3.90. The van der Waals surface area contributed by atoms with Crippen LogP contribution in [-0.2, 0) is 22.9 Å². The molecule has 1 aromatic heterocycles. The predicted octanol–water partition coefficient (Wildman–Crippen LogP) is 2.44. The smallest absolute Gasteiger partial charge is 0.236 e. The van der Waals surface area contributed by atoms with Crippen molar-refractivity contribution in [2.45, 2.75) is 31.6 Å². The molecular weight excluding hydrogens is 317 g/mol. The van der Waals surface area contributed by atoms with Crippen LogP contribution in [0.1, 0.15) is 25.2 Å². The average Bonchev–Trinajstić information content (AvgIpc) is 2.80. The number of primary sulfonamides is 1. The minimum atomic E-state index is -3.90. The van der Waals surface area contributed by atoms with Gasteiger partial charge in [0, 0.05) is 6.07 Å². The Morgan fingerprint density at radius 1 is 1.33 bits per heavy atom. The molecule has 0 bridgehead atoms. The van der Waals surface area contributed by atoms with Crippen molar-refractivity contribution in [1.29, 1.82) is 0 Å². The van der Waals surface area contributed by atoms with Gasteiger partial charge < -0.3 is 0 Å². The number of benzene rings is 1. The second-order valence-electron chi connectivity index (χ2n) is 4.48. The summed E-state index contributed by atoms with van der Waals surface area (Å²) in [5.74, 6) is -0.595. The van der Waals surface area contributed by atoms with Crippen LogP contribution < -0.4 is 5.14 Å². The van der Waals surface area contributed by atoms with Gasteiger partial charge in [-0.25, -0.2) is 22.6 Å². The van der Waals surface area contributed by atoms with E-state index in [-0.39, 0.29) is 9.92 Å². The molecule has 5 nitrogen and oxygen atoms in total. The van der Waals surface area contributed by atoms with Crippen LogP contribution in [0.5, 0.6) is 0 Å². The van der Waals surface area contributed by atoms with Crippen molar-refractivity contribution in [3.8, 4) is 5.69 Å². The Hall–Kier alpha value is -1.44. The lowest BCUT2D eigenvalue weighted by atomic mass is 10.2. The van der Waals surface area contributed by atoms with E-state index < -0.39 is 15.8 Å². The Kier molecular flexibility index (Phi) is 4.36. The molecule has 1 aromatic carbocycles. The highest BCUT2D eigenvalue weighted by molar-refractivity contribution is 7.89. The molecule has 0 atom stereocenters. The van der Waals surface area contributed by atoms with Gasteiger partial charge in [0.15, 0.2) is 0 Å². The van der Waals surface area contributed by atoms with Crippen LogP contribution in [0, 0.1) is 5.82 Å². The van der Waals surface area contributed by atoms with Crippen LogP contribution in [0.3, 0.4) is 0 Å². The van der Waals surface area contributed by atoms with Crippen molar-refractivity contribution in [2.24, 2.45) is 5.14 Å². The van der Waals surface area contributed by atoms with Crippen LogP contribution >= 0.6 is 11.6 Å². The van der Waals surface area contributed by atoms with E-state index in [1.54, 1.807) is 19.9 Å². The monoisotopic (exact) mass is 331 g/mol. The third kappa shape index (κ3) is 2.95. The highest BCUT2D eigenvalue weighted by Crippen LogP contribution is 2.25. The highest BCUT2D eigenvalue weighted by Gasteiger charge is 2.25. The number of hydrogen-bond acceptors (Lipinski definition) is 3. The molecule has 21 heavy (non-hydrogen) atoms. The summed E-state index contributed by atoms with van der Waals surface area (Å²) >= 11 is 5.66. The number of nitrogens with two attached hydrogens (primary N) is 1. The zero-order valence-corrected chi connectivity index (χ0v) is 13.2. The maximum Gasteiger partial charge on any atom is 0.241 e. The standard InChI is InChI=1S/C13H15ClFN3O2S/c1-3-11-13(21(16,19)20)12(4-2)18(17-11)8-5-6-9(14)10(15)7-8/h5-7H,3-4H2,1-2H3,(H2,16,19,20). The Bertz CT molecular complexity index is 787. The molecule has 8 heteroatoms. The van der Waals surface area contributed by atoms with Gasteiger partial charge in [-0.15, -0.1) is 0 Å². The SMILES string of the molecule is CCc1nn(-c2ccc(Cl)c(F)c2)c(CC)c1S(N)(=O)=O. The number of rotatable bonds is 4. The first kappa shape index (κ1) is 15.9. The minimum absolute atomic E-state index is 0.00802. The Morgan fingerprint density at radius 3 is 2.48 bits per heavy atom. The van der Waals surface area contributed by atoms with Crippen molar-refractivity contribution in [3.63, 3.8) is 0 Å². The largest absolute Gasteiger partial charge is 0.241 e. The van der Waals surface area contributed by atoms with E-state index in [4.69, 9.17) is 16.7 Å². The zero-order valence-electron chi connectivity index (χ0n) is 11.6. The maximum atomic E-state index is 13.6. The predicted molar refractivity (Wildman–Crippen MR) is 78.7 cm³/mol. The van der Waals surface area contributed by atoms with Gasteiger partial charge in [0.25, 0.3) is 0 Å². The van der Waals surface area contributed by atoms with Gasteiger partial charge in [-0.2, -0.15) is 5.10 Å². The number of aromatic nitrogens is 2. The number of sulfonamides is 1. The van der Waals surface area contributed by atoms with Crippen molar-refractivity contribution in [1.82, 2.24) is 9.78 Å². The number of nitrogens with zero attached hydrogens (tertiary/aromatic N) is 2. The second kappa shape index (κ2) is 5.75. The van der Waals surface area contributed by atoms with E-state index in [1.807, 2.05) is 0 Å². The van der Waals surface area contributed by atoms with Crippen LogP contribution in [0.4, 0.5) is 4.39 Å². The molecule has 0 unspecified atom stereocenters. The molecule has 2 N–H and O–H groups in total. The van der Waals surface area contributed by atoms with Crippen molar-refractivity contribution >= 4 is 21.6 Å². The van der Waals surface area contributed by atoms with Gasteiger partial charge in [0.1, 0.15) is 10.7 Å². The molecule has 0 saturated heterocycles. The number of aryl methyl sites for hydroxylation is 1. The lowest BCUT2D eigenvalue weighted by Crippen LogP contribution is -2.16. The number of halogens is 2. The van der Waals surface area contributed by atoms with E-state index >= 15 is 0 Å². The molecule has 0 fully saturated rings. The van der Waals surface area contributed by atoms with E-state index in [9.17, 15) is 12.8 Å². The van der Waals surface area contributed by atoms with E-state index in [0.717, 1.165) is 0 Å². The lowest BCUT2D eigenvalue weighted by Gasteiger charge is -2.07.